The minimum Gasteiger partial charge on any atom is -0.496 e. The monoisotopic (exact) mass is 287 g/mol. The minimum atomic E-state index is -0.581. The summed E-state index contributed by atoms with van der Waals surface area (Å²) in [6, 6.07) is 11.3. The molecule has 0 atom stereocenters. The topological polar surface area (TPSA) is 51.5 Å². The van der Waals surface area contributed by atoms with Gasteiger partial charge in [0.15, 0.2) is 11.6 Å². The van der Waals surface area contributed by atoms with Gasteiger partial charge in [-0.25, -0.2) is 4.39 Å². The number of nitriles is 1. The molecule has 2 aromatic carbocycles. The minimum absolute atomic E-state index is 0.0713. The molecule has 0 aliphatic rings. The molecule has 0 fully saturated rings. The molecular weight excluding hydrogens is 273 g/mol. The molecule has 2 aromatic rings. The fourth-order valence-electron chi connectivity index (χ4n) is 1.91. The summed E-state index contributed by atoms with van der Waals surface area (Å²) in [7, 11) is 3.08. The summed E-state index contributed by atoms with van der Waals surface area (Å²) in [5, 5.41) is 8.71. The van der Waals surface area contributed by atoms with E-state index in [1.165, 1.54) is 12.1 Å². The van der Waals surface area contributed by atoms with Gasteiger partial charge < -0.3 is 14.2 Å². The molecule has 5 heteroatoms. The highest BCUT2D eigenvalue weighted by Crippen LogP contribution is 2.30. The third-order valence-electron chi connectivity index (χ3n) is 2.96. The predicted molar refractivity (Wildman–Crippen MR) is 75.0 cm³/mol. The number of ether oxygens (including phenoxy) is 3. The molecule has 0 amide bonds. The molecule has 21 heavy (non-hydrogen) atoms. The molecule has 0 aliphatic carbocycles. The quantitative estimate of drug-likeness (QED) is 0.846. The molecule has 0 spiro atoms. The third kappa shape index (κ3) is 3.23. The Balaban J connectivity index is 2.22. The van der Waals surface area contributed by atoms with E-state index in [-0.39, 0.29) is 17.9 Å². The molecule has 0 unspecified atom stereocenters. The standard InChI is InChI=1S/C16H14FNO3/c1-19-14-4-3-5-15(20-2)12(14)10-21-16-7-6-11(9-18)8-13(16)17/h3-8H,10H2,1-2H3. The van der Waals surface area contributed by atoms with Crippen molar-refractivity contribution in [2.45, 2.75) is 6.61 Å². The van der Waals surface area contributed by atoms with E-state index in [9.17, 15) is 4.39 Å². The summed E-state index contributed by atoms with van der Waals surface area (Å²) >= 11 is 0. The molecule has 0 saturated carbocycles. The summed E-state index contributed by atoms with van der Waals surface area (Å²) in [6.45, 7) is 0.0933. The van der Waals surface area contributed by atoms with Crippen LogP contribution in [0.5, 0.6) is 17.2 Å². The van der Waals surface area contributed by atoms with Crippen LogP contribution in [0.25, 0.3) is 0 Å². The largest absolute Gasteiger partial charge is 0.496 e. The number of hydrogen-bond acceptors (Lipinski definition) is 4. The summed E-state index contributed by atoms with van der Waals surface area (Å²) in [5.74, 6) is 0.691. The van der Waals surface area contributed by atoms with E-state index in [1.54, 1.807) is 32.4 Å². The average molecular weight is 287 g/mol. The zero-order chi connectivity index (χ0) is 15.2. The molecular formula is C16H14FNO3. The van der Waals surface area contributed by atoms with Gasteiger partial charge in [0.05, 0.1) is 31.4 Å². The number of methoxy groups -OCH3 is 2. The van der Waals surface area contributed by atoms with Crippen LogP contribution in [0, 0.1) is 17.1 Å². The fourth-order valence-corrected chi connectivity index (χ4v) is 1.91. The van der Waals surface area contributed by atoms with Gasteiger partial charge in [0, 0.05) is 0 Å². The van der Waals surface area contributed by atoms with Crippen molar-refractivity contribution in [1.29, 1.82) is 5.26 Å². The molecule has 0 radical (unpaired) electrons. The Kier molecular flexibility index (Phi) is 4.62. The molecule has 0 aromatic heterocycles. The first-order valence-corrected chi connectivity index (χ1v) is 6.22. The van der Waals surface area contributed by atoms with E-state index in [4.69, 9.17) is 19.5 Å². The molecule has 2 rings (SSSR count). The maximum absolute atomic E-state index is 13.8. The van der Waals surface area contributed by atoms with Crippen molar-refractivity contribution < 1.29 is 18.6 Å². The average Bonchev–Trinajstić information content (AvgIpc) is 2.53. The van der Waals surface area contributed by atoms with Crippen molar-refractivity contribution in [3.05, 3.63) is 53.3 Å². The molecule has 108 valence electrons. The van der Waals surface area contributed by atoms with Gasteiger partial charge in [-0.05, 0) is 30.3 Å². The summed E-state index contributed by atoms with van der Waals surface area (Å²) in [4.78, 5) is 0. The number of nitrogens with zero attached hydrogens (tertiary/aromatic N) is 1. The van der Waals surface area contributed by atoms with Crippen LogP contribution in [0.4, 0.5) is 4.39 Å². The first-order valence-electron chi connectivity index (χ1n) is 6.22. The molecule has 4 nitrogen and oxygen atoms in total. The lowest BCUT2D eigenvalue weighted by molar-refractivity contribution is 0.274. The van der Waals surface area contributed by atoms with Gasteiger partial charge in [-0.1, -0.05) is 6.07 Å². The van der Waals surface area contributed by atoms with E-state index in [0.29, 0.717) is 17.1 Å². The van der Waals surface area contributed by atoms with Gasteiger partial charge in [0.1, 0.15) is 18.1 Å². The van der Waals surface area contributed by atoms with Gasteiger partial charge in [0.25, 0.3) is 0 Å². The second kappa shape index (κ2) is 6.62. The van der Waals surface area contributed by atoms with Crippen LogP contribution in [-0.4, -0.2) is 14.2 Å². The van der Waals surface area contributed by atoms with Crippen LogP contribution in [0.1, 0.15) is 11.1 Å². The fraction of sp³-hybridized carbons (Fsp3) is 0.188. The first kappa shape index (κ1) is 14.7. The maximum Gasteiger partial charge on any atom is 0.166 e. The predicted octanol–water partition coefficient (Wildman–Crippen LogP) is 3.29. The van der Waals surface area contributed by atoms with E-state index in [1.807, 2.05) is 6.07 Å². The van der Waals surface area contributed by atoms with Crippen molar-refractivity contribution in [3.8, 4) is 23.3 Å². The molecule has 0 saturated heterocycles. The smallest absolute Gasteiger partial charge is 0.166 e. The SMILES string of the molecule is COc1cccc(OC)c1COc1ccc(C#N)cc1F. The van der Waals surface area contributed by atoms with Crippen molar-refractivity contribution in [1.82, 2.24) is 0 Å². The van der Waals surface area contributed by atoms with Crippen LogP contribution in [-0.2, 0) is 6.61 Å². The van der Waals surface area contributed by atoms with Crippen molar-refractivity contribution >= 4 is 0 Å². The molecule has 0 aliphatic heterocycles. The van der Waals surface area contributed by atoms with E-state index < -0.39 is 5.82 Å². The number of rotatable bonds is 5. The number of halogens is 1. The van der Waals surface area contributed by atoms with Crippen molar-refractivity contribution in [3.63, 3.8) is 0 Å². The van der Waals surface area contributed by atoms with Crippen LogP contribution >= 0.6 is 0 Å². The zero-order valence-corrected chi connectivity index (χ0v) is 11.7. The highest BCUT2D eigenvalue weighted by Gasteiger charge is 2.12. The van der Waals surface area contributed by atoms with Gasteiger partial charge in [0.2, 0.25) is 0 Å². The first-order chi connectivity index (χ1) is 10.2. The zero-order valence-electron chi connectivity index (χ0n) is 11.7. The molecule has 0 heterocycles. The Morgan fingerprint density at radius 2 is 1.71 bits per heavy atom. The molecule has 0 N–H and O–H groups in total. The Labute approximate surface area is 122 Å². The Hall–Kier alpha value is -2.74. The lowest BCUT2D eigenvalue weighted by Gasteiger charge is -2.14. The normalized spacial score (nSPS) is 9.81. The van der Waals surface area contributed by atoms with Crippen LogP contribution < -0.4 is 14.2 Å². The van der Waals surface area contributed by atoms with E-state index in [2.05, 4.69) is 0 Å². The summed E-state index contributed by atoms with van der Waals surface area (Å²) in [6.07, 6.45) is 0. The van der Waals surface area contributed by atoms with Crippen molar-refractivity contribution in [2.75, 3.05) is 14.2 Å². The lowest BCUT2D eigenvalue weighted by atomic mass is 10.2. The number of benzene rings is 2. The third-order valence-corrected chi connectivity index (χ3v) is 2.96. The van der Waals surface area contributed by atoms with Crippen molar-refractivity contribution in [2.24, 2.45) is 0 Å². The Morgan fingerprint density at radius 1 is 1.05 bits per heavy atom. The summed E-state index contributed by atoms with van der Waals surface area (Å²) < 4.78 is 29.7. The van der Waals surface area contributed by atoms with Gasteiger partial charge in [-0.2, -0.15) is 5.26 Å². The lowest BCUT2D eigenvalue weighted by Crippen LogP contribution is -2.02. The maximum atomic E-state index is 13.8. The highest BCUT2D eigenvalue weighted by molar-refractivity contribution is 5.45. The number of hydrogen-bond donors (Lipinski definition) is 0. The summed E-state index contributed by atoms with van der Waals surface area (Å²) in [5.41, 5.74) is 0.931. The van der Waals surface area contributed by atoms with Crippen LogP contribution in [0.15, 0.2) is 36.4 Å². The Bertz CT molecular complexity index is 657. The van der Waals surface area contributed by atoms with Crippen LogP contribution in [0.3, 0.4) is 0 Å². The second-order valence-corrected chi connectivity index (χ2v) is 4.19. The second-order valence-electron chi connectivity index (χ2n) is 4.19. The van der Waals surface area contributed by atoms with Gasteiger partial charge >= 0.3 is 0 Å². The van der Waals surface area contributed by atoms with E-state index in [0.717, 1.165) is 6.07 Å². The van der Waals surface area contributed by atoms with Gasteiger partial charge in [-0.3, -0.25) is 0 Å². The van der Waals surface area contributed by atoms with Gasteiger partial charge in [-0.15, -0.1) is 0 Å². The van der Waals surface area contributed by atoms with E-state index >= 15 is 0 Å². The molecule has 0 bridgehead atoms. The van der Waals surface area contributed by atoms with Crippen LogP contribution in [0.2, 0.25) is 0 Å². The highest BCUT2D eigenvalue weighted by atomic mass is 19.1. The Morgan fingerprint density at radius 3 is 2.24 bits per heavy atom.